The van der Waals surface area contributed by atoms with E-state index in [4.69, 9.17) is 14.2 Å². The van der Waals surface area contributed by atoms with Gasteiger partial charge in [0, 0.05) is 13.1 Å². The van der Waals surface area contributed by atoms with Crippen molar-refractivity contribution in [2.75, 3.05) is 26.5 Å². The number of hydrogen-bond donors (Lipinski definition) is 1. The molecule has 1 aromatic rings. The minimum Gasteiger partial charge on any atom is -0.454 e. The molecule has 0 spiro atoms. The quantitative estimate of drug-likeness (QED) is 0.906. The Morgan fingerprint density at radius 2 is 2.21 bits per heavy atom. The molecule has 0 aromatic heterocycles. The van der Waals surface area contributed by atoms with Gasteiger partial charge in [0.15, 0.2) is 11.5 Å². The average Bonchev–Trinajstić information content (AvgIpc) is 2.87. The highest BCUT2D eigenvalue weighted by Gasteiger charge is 2.28. The van der Waals surface area contributed by atoms with E-state index in [0.29, 0.717) is 12.7 Å². The maximum Gasteiger partial charge on any atom is 0.231 e. The second-order valence-electron chi connectivity index (χ2n) is 5.15. The number of ether oxygens (including phenoxy) is 3. The molecule has 5 heteroatoms. The van der Waals surface area contributed by atoms with Crippen LogP contribution in [-0.4, -0.2) is 26.5 Å². The van der Waals surface area contributed by atoms with Gasteiger partial charge in [-0.25, -0.2) is 0 Å². The van der Waals surface area contributed by atoms with E-state index >= 15 is 0 Å². The van der Waals surface area contributed by atoms with Crippen molar-refractivity contribution < 1.29 is 14.2 Å². The van der Waals surface area contributed by atoms with Crippen LogP contribution in [0.1, 0.15) is 37.0 Å². The normalized spacial score (nSPS) is 22.0. The van der Waals surface area contributed by atoms with Gasteiger partial charge in [0.05, 0.1) is 17.2 Å². The first-order valence-corrected chi connectivity index (χ1v) is 7.42. The van der Waals surface area contributed by atoms with Gasteiger partial charge < -0.3 is 19.5 Å². The van der Waals surface area contributed by atoms with Gasteiger partial charge in [-0.1, -0.05) is 13.8 Å². The van der Waals surface area contributed by atoms with Crippen molar-refractivity contribution in [2.45, 2.75) is 25.9 Å². The lowest BCUT2D eigenvalue weighted by atomic mass is 9.92. The number of rotatable bonds is 2. The Labute approximate surface area is 121 Å². The lowest BCUT2D eigenvalue weighted by Gasteiger charge is -2.28. The number of benzene rings is 1. The highest BCUT2D eigenvalue weighted by Crippen LogP contribution is 2.47. The van der Waals surface area contributed by atoms with Crippen molar-refractivity contribution in [2.24, 2.45) is 0 Å². The molecular weight excluding hydrogens is 310 g/mol. The highest BCUT2D eigenvalue weighted by atomic mass is 79.9. The molecule has 2 heterocycles. The Balaban J connectivity index is 2.08. The predicted octanol–water partition coefficient (Wildman–Crippen LogP) is 2.96. The number of halogens is 1. The van der Waals surface area contributed by atoms with Crippen LogP contribution >= 0.6 is 15.9 Å². The van der Waals surface area contributed by atoms with E-state index in [1.54, 1.807) is 0 Å². The van der Waals surface area contributed by atoms with Crippen LogP contribution in [-0.2, 0) is 4.74 Å². The molecule has 2 aliphatic rings. The Kier molecular flexibility index (Phi) is 3.69. The van der Waals surface area contributed by atoms with Crippen molar-refractivity contribution in [3.8, 4) is 11.5 Å². The fraction of sp³-hybridized carbons (Fsp3) is 0.571. The molecule has 1 unspecified atom stereocenters. The molecule has 0 saturated carbocycles. The Hall–Kier alpha value is -0.780. The van der Waals surface area contributed by atoms with Gasteiger partial charge in [0.25, 0.3) is 0 Å². The number of nitrogens with one attached hydrogen (secondary N) is 1. The zero-order chi connectivity index (χ0) is 13.4. The summed E-state index contributed by atoms with van der Waals surface area (Å²) in [4.78, 5) is 0. The molecule has 104 valence electrons. The summed E-state index contributed by atoms with van der Waals surface area (Å²) in [6.07, 6.45) is 0.0805. The van der Waals surface area contributed by atoms with Gasteiger partial charge >= 0.3 is 0 Å². The summed E-state index contributed by atoms with van der Waals surface area (Å²) in [7, 11) is 0. The van der Waals surface area contributed by atoms with Crippen LogP contribution in [0.3, 0.4) is 0 Å². The lowest BCUT2D eigenvalue weighted by Crippen LogP contribution is -2.34. The number of morpholine rings is 1. The Morgan fingerprint density at radius 1 is 1.37 bits per heavy atom. The molecule has 1 aromatic carbocycles. The van der Waals surface area contributed by atoms with E-state index in [2.05, 4.69) is 41.2 Å². The van der Waals surface area contributed by atoms with Crippen LogP contribution < -0.4 is 14.8 Å². The zero-order valence-corrected chi connectivity index (χ0v) is 12.7. The molecule has 0 bridgehead atoms. The SMILES string of the molecule is CC(C)c1c(C2CNCCO2)cc2c(c1Br)OCO2. The first kappa shape index (κ1) is 13.2. The van der Waals surface area contributed by atoms with Gasteiger partial charge in [0.2, 0.25) is 6.79 Å². The van der Waals surface area contributed by atoms with Crippen molar-refractivity contribution in [3.05, 3.63) is 21.7 Å². The Morgan fingerprint density at radius 3 is 2.89 bits per heavy atom. The van der Waals surface area contributed by atoms with Crippen molar-refractivity contribution in [1.82, 2.24) is 5.32 Å². The molecule has 1 N–H and O–H groups in total. The van der Waals surface area contributed by atoms with Gasteiger partial charge in [-0.3, -0.25) is 0 Å². The van der Waals surface area contributed by atoms with Gasteiger partial charge in [0.1, 0.15) is 0 Å². The van der Waals surface area contributed by atoms with E-state index in [9.17, 15) is 0 Å². The summed E-state index contributed by atoms with van der Waals surface area (Å²) >= 11 is 3.67. The van der Waals surface area contributed by atoms with Gasteiger partial charge in [-0.05, 0) is 39.0 Å². The smallest absolute Gasteiger partial charge is 0.231 e. The van der Waals surface area contributed by atoms with Crippen LogP contribution in [0.15, 0.2) is 10.5 Å². The molecule has 1 fully saturated rings. The van der Waals surface area contributed by atoms with Crippen molar-refractivity contribution in [3.63, 3.8) is 0 Å². The predicted molar refractivity (Wildman–Crippen MR) is 75.9 cm³/mol. The summed E-state index contributed by atoms with van der Waals surface area (Å²) in [5.41, 5.74) is 2.44. The van der Waals surface area contributed by atoms with E-state index in [1.807, 2.05) is 0 Å². The summed E-state index contributed by atoms with van der Waals surface area (Å²) in [6.45, 7) is 7.15. The van der Waals surface area contributed by atoms with Crippen LogP contribution in [0, 0.1) is 0 Å². The van der Waals surface area contributed by atoms with Crippen LogP contribution in [0.5, 0.6) is 11.5 Å². The molecule has 0 amide bonds. The molecule has 2 aliphatic heterocycles. The van der Waals surface area contributed by atoms with Gasteiger partial charge in [-0.15, -0.1) is 0 Å². The second-order valence-corrected chi connectivity index (χ2v) is 5.94. The lowest BCUT2D eigenvalue weighted by molar-refractivity contribution is 0.0269. The maximum atomic E-state index is 5.89. The number of fused-ring (bicyclic) bond motifs is 1. The third-order valence-corrected chi connectivity index (χ3v) is 4.31. The topological polar surface area (TPSA) is 39.7 Å². The largest absolute Gasteiger partial charge is 0.454 e. The molecule has 0 aliphatic carbocycles. The van der Waals surface area contributed by atoms with Crippen LogP contribution in [0.25, 0.3) is 0 Å². The third-order valence-electron chi connectivity index (χ3n) is 3.53. The maximum absolute atomic E-state index is 5.89. The first-order chi connectivity index (χ1) is 9.18. The van der Waals surface area contributed by atoms with Gasteiger partial charge in [-0.2, -0.15) is 0 Å². The summed E-state index contributed by atoms with van der Waals surface area (Å²) in [5.74, 6) is 2.01. The molecule has 19 heavy (non-hydrogen) atoms. The van der Waals surface area contributed by atoms with Crippen molar-refractivity contribution in [1.29, 1.82) is 0 Å². The molecule has 4 nitrogen and oxygen atoms in total. The molecule has 0 radical (unpaired) electrons. The van der Waals surface area contributed by atoms with E-state index in [-0.39, 0.29) is 6.10 Å². The van der Waals surface area contributed by atoms with E-state index in [1.165, 1.54) is 11.1 Å². The zero-order valence-electron chi connectivity index (χ0n) is 11.2. The molecular formula is C14H18BrNO3. The first-order valence-electron chi connectivity index (χ1n) is 6.62. The van der Waals surface area contributed by atoms with Crippen LogP contribution in [0.2, 0.25) is 0 Å². The van der Waals surface area contributed by atoms with E-state index < -0.39 is 0 Å². The highest BCUT2D eigenvalue weighted by molar-refractivity contribution is 9.10. The minimum atomic E-state index is 0.0805. The summed E-state index contributed by atoms with van der Waals surface area (Å²) in [5, 5.41) is 3.37. The summed E-state index contributed by atoms with van der Waals surface area (Å²) < 4.78 is 17.9. The van der Waals surface area contributed by atoms with Crippen molar-refractivity contribution >= 4 is 15.9 Å². The standard InChI is InChI=1S/C14H18BrNO3/c1-8(2)12-9(11-6-16-3-4-17-11)5-10-14(13(12)15)19-7-18-10/h5,8,11,16H,3-4,6-7H2,1-2H3. The summed E-state index contributed by atoms with van der Waals surface area (Å²) in [6, 6.07) is 2.07. The minimum absolute atomic E-state index is 0.0805. The average molecular weight is 328 g/mol. The fourth-order valence-corrected chi connectivity index (χ4v) is 3.65. The third kappa shape index (κ3) is 2.35. The molecule has 1 saturated heterocycles. The monoisotopic (exact) mass is 327 g/mol. The van der Waals surface area contributed by atoms with Crippen LogP contribution in [0.4, 0.5) is 0 Å². The molecule has 1 atom stereocenters. The second kappa shape index (κ2) is 5.31. The fourth-order valence-electron chi connectivity index (χ4n) is 2.65. The number of hydrogen-bond acceptors (Lipinski definition) is 4. The van der Waals surface area contributed by atoms with E-state index in [0.717, 1.165) is 35.7 Å². The Bertz CT molecular complexity index is 484. The molecule has 3 rings (SSSR count).